The first kappa shape index (κ1) is 14.5. The Balaban J connectivity index is 2.87. The lowest BCUT2D eigenvalue weighted by Crippen LogP contribution is -2.05. The van der Waals surface area contributed by atoms with Crippen LogP contribution in [-0.4, -0.2) is 0 Å². The van der Waals surface area contributed by atoms with Crippen LogP contribution >= 0.6 is 11.6 Å². The molecule has 0 spiro atoms. The van der Waals surface area contributed by atoms with Gasteiger partial charge in [-0.3, -0.25) is 0 Å². The molecule has 2 rings (SSSR count). The van der Waals surface area contributed by atoms with Crippen molar-refractivity contribution in [3.05, 3.63) is 52.1 Å². The first-order chi connectivity index (χ1) is 9.25. The monoisotopic (exact) mass is 311 g/mol. The highest BCUT2D eigenvalue weighted by atomic mass is 35.5. The maximum Gasteiger partial charge on any atom is 0.200 e. The van der Waals surface area contributed by atoms with Crippen molar-refractivity contribution in [3.8, 4) is 11.1 Å². The molecule has 0 aliphatic carbocycles. The van der Waals surface area contributed by atoms with Crippen molar-refractivity contribution in [2.75, 3.05) is 5.73 Å². The first-order valence-corrected chi connectivity index (χ1v) is 5.39. The molecule has 0 aromatic heterocycles. The summed E-state index contributed by atoms with van der Waals surface area (Å²) in [7, 11) is 0. The molecule has 20 heavy (non-hydrogen) atoms. The second-order valence-electron chi connectivity index (χ2n) is 3.80. The number of benzene rings is 2. The van der Waals surface area contributed by atoms with Crippen LogP contribution in [0.5, 0.6) is 0 Å². The van der Waals surface area contributed by atoms with Gasteiger partial charge in [0.15, 0.2) is 23.3 Å². The molecule has 2 aromatic rings. The fourth-order valence-electron chi connectivity index (χ4n) is 1.60. The van der Waals surface area contributed by atoms with Crippen LogP contribution in [0.4, 0.5) is 32.0 Å². The van der Waals surface area contributed by atoms with E-state index >= 15 is 0 Å². The van der Waals surface area contributed by atoms with Gasteiger partial charge in [-0.1, -0.05) is 11.6 Å². The Kier molecular flexibility index (Phi) is 3.56. The van der Waals surface area contributed by atoms with E-state index in [1.54, 1.807) is 0 Å². The molecule has 8 heteroatoms. The molecule has 2 N–H and O–H groups in total. The van der Waals surface area contributed by atoms with Gasteiger partial charge in [0.2, 0.25) is 5.82 Å². The van der Waals surface area contributed by atoms with Gasteiger partial charge in [0.25, 0.3) is 0 Å². The van der Waals surface area contributed by atoms with Crippen molar-refractivity contribution in [2.24, 2.45) is 0 Å². The lowest BCUT2D eigenvalue weighted by Gasteiger charge is -2.10. The molecular weight excluding hydrogens is 308 g/mol. The zero-order chi connectivity index (χ0) is 15.2. The zero-order valence-electron chi connectivity index (χ0n) is 9.38. The molecule has 0 unspecified atom stereocenters. The lowest BCUT2D eigenvalue weighted by atomic mass is 10.0. The van der Waals surface area contributed by atoms with E-state index in [2.05, 4.69) is 0 Å². The molecule has 106 valence electrons. The maximum absolute atomic E-state index is 13.6. The van der Waals surface area contributed by atoms with Gasteiger partial charge in [-0.25, -0.2) is 26.3 Å². The van der Waals surface area contributed by atoms with E-state index in [9.17, 15) is 26.3 Å². The SMILES string of the molecule is Nc1cc(-c2c(F)c(F)c(F)c(F)c2F)c(F)cc1Cl. The third-order valence-electron chi connectivity index (χ3n) is 2.57. The van der Waals surface area contributed by atoms with E-state index in [1.807, 2.05) is 0 Å². The highest BCUT2D eigenvalue weighted by molar-refractivity contribution is 6.33. The van der Waals surface area contributed by atoms with E-state index in [0.29, 0.717) is 12.1 Å². The standard InChI is InChI=1S/C12H4ClF6N/c13-4-2-5(14)3(1-6(4)20)7-8(15)10(17)12(19)11(18)9(7)16/h1-2H,20H2. The minimum Gasteiger partial charge on any atom is -0.398 e. The summed E-state index contributed by atoms with van der Waals surface area (Å²) >= 11 is 5.48. The van der Waals surface area contributed by atoms with Crippen LogP contribution < -0.4 is 5.73 Å². The fourth-order valence-corrected chi connectivity index (χ4v) is 1.75. The Morgan fingerprint density at radius 1 is 0.750 bits per heavy atom. The van der Waals surface area contributed by atoms with Crippen LogP contribution in [0, 0.1) is 34.9 Å². The molecule has 0 fully saturated rings. The van der Waals surface area contributed by atoms with E-state index < -0.39 is 46.0 Å². The van der Waals surface area contributed by atoms with Crippen LogP contribution in [0.2, 0.25) is 5.02 Å². The summed E-state index contributed by atoms with van der Waals surface area (Å²) < 4.78 is 79.7. The highest BCUT2D eigenvalue weighted by Gasteiger charge is 2.28. The van der Waals surface area contributed by atoms with E-state index in [0.717, 1.165) is 0 Å². The van der Waals surface area contributed by atoms with E-state index in [-0.39, 0.29) is 10.7 Å². The van der Waals surface area contributed by atoms with Crippen LogP contribution in [0.25, 0.3) is 11.1 Å². The Bertz CT molecular complexity index is 687. The molecule has 1 nitrogen and oxygen atoms in total. The van der Waals surface area contributed by atoms with E-state index in [4.69, 9.17) is 17.3 Å². The summed E-state index contributed by atoms with van der Waals surface area (Å²) in [4.78, 5) is 0. The van der Waals surface area contributed by atoms with Gasteiger partial charge < -0.3 is 5.73 Å². The van der Waals surface area contributed by atoms with Gasteiger partial charge in [-0.2, -0.15) is 0 Å². The number of hydrogen-bond donors (Lipinski definition) is 1. The predicted molar refractivity (Wildman–Crippen MR) is 61.0 cm³/mol. The number of halogens is 7. The van der Waals surface area contributed by atoms with E-state index in [1.165, 1.54) is 0 Å². The topological polar surface area (TPSA) is 26.0 Å². The molecular formula is C12H4ClF6N. The molecule has 0 atom stereocenters. The van der Waals surface area contributed by atoms with Gasteiger partial charge in [0, 0.05) is 5.56 Å². The van der Waals surface area contributed by atoms with Gasteiger partial charge in [-0.15, -0.1) is 0 Å². The average molecular weight is 312 g/mol. The number of nitrogen functional groups attached to an aromatic ring is 1. The molecule has 0 saturated heterocycles. The first-order valence-electron chi connectivity index (χ1n) is 5.02. The summed E-state index contributed by atoms with van der Waals surface area (Å²) in [5.41, 5.74) is 2.78. The third kappa shape index (κ3) is 2.07. The van der Waals surface area contributed by atoms with Gasteiger partial charge in [0.05, 0.1) is 16.3 Å². The summed E-state index contributed by atoms with van der Waals surface area (Å²) in [6, 6.07) is 1.31. The van der Waals surface area contributed by atoms with Crippen molar-refractivity contribution in [2.45, 2.75) is 0 Å². The number of nitrogens with two attached hydrogens (primary N) is 1. The van der Waals surface area contributed by atoms with Crippen LogP contribution in [0.15, 0.2) is 12.1 Å². The van der Waals surface area contributed by atoms with Crippen molar-refractivity contribution in [1.82, 2.24) is 0 Å². The van der Waals surface area contributed by atoms with Crippen molar-refractivity contribution in [1.29, 1.82) is 0 Å². The number of anilines is 1. The summed E-state index contributed by atoms with van der Waals surface area (Å²) in [6.07, 6.45) is 0. The molecule has 0 bridgehead atoms. The molecule has 0 heterocycles. The summed E-state index contributed by atoms with van der Waals surface area (Å²) in [5.74, 6) is -12.2. The Morgan fingerprint density at radius 3 is 1.70 bits per heavy atom. The van der Waals surface area contributed by atoms with Gasteiger partial charge in [-0.05, 0) is 12.1 Å². The van der Waals surface area contributed by atoms with Crippen LogP contribution in [-0.2, 0) is 0 Å². The largest absolute Gasteiger partial charge is 0.398 e. The average Bonchev–Trinajstić information content (AvgIpc) is 2.40. The molecule has 0 aliphatic rings. The second-order valence-corrected chi connectivity index (χ2v) is 4.21. The Hall–Kier alpha value is -1.89. The van der Waals surface area contributed by atoms with Crippen molar-refractivity contribution in [3.63, 3.8) is 0 Å². The number of hydrogen-bond acceptors (Lipinski definition) is 1. The minimum atomic E-state index is -2.33. The quantitative estimate of drug-likeness (QED) is 0.359. The smallest absolute Gasteiger partial charge is 0.200 e. The van der Waals surface area contributed by atoms with Gasteiger partial charge >= 0.3 is 0 Å². The fraction of sp³-hybridized carbons (Fsp3) is 0. The zero-order valence-corrected chi connectivity index (χ0v) is 10.1. The molecule has 0 radical (unpaired) electrons. The normalized spacial score (nSPS) is 10.9. The summed E-state index contributed by atoms with van der Waals surface area (Å²) in [6.45, 7) is 0. The maximum atomic E-state index is 13.6. The molecule has 0 saturated carbocycles. The number of rotatable bonds is 1. The predicted octanol–water partition coefficient (Wildman–Crippen LogP) is 4.42. The molecule has 2 aromatic carbocycles. The Labute approximate surface area is 113 Å². The second kappa shape index (κ2) is 4.90. The third-order valence-corrected chi connectivity index (χ3v) is 2.89. The van der Waals surface area contributed by atoms with Crippen molar-refractivity contribution >= 4 is 17.3 Å². The Morgan fingerprint density at radius 2 is 1.20 bits per heavy atom. The van der Waals surface area contributed by atoms with Gasteiger partial charge in [0.1, 0.15) is 5.82 Å². The minimum absolute atomic E-state index is 0.255. The molecule has 0 amide bonds. The van der Waals surface area contributed by atoms with Crippen molar-refractivity contribution < 1.29 is 26.3 Å². The summed E-state index contributed by atoms with van der Waals surface area (Å²) in [5, 5.41) is -0.255. The highest BCUT2D eigenvalue weighted by Crippen LogP contribution is 2.35. The molecule has 0 aliphatic heterocycles. The lowest BCUT2D eigenvalue weighted by molar-refractivity contribution is 0.381. The van der Waals surface area contributed by atoms with Crippen LogP contribution in [0.1, 0.15) is 0 Å². The van der Waals surface area contributed by atoms with Crippen LogP contribution in [0.3, 0.4) is 0 Å².